The lowest BCUT2D eigenvalue weighted by molar-refractivity contribution is 0.214. The number of rotatable bonds is 2. The molecule has 0 radical (unpaired) electrons. The van der Waals surface area contributed by atoms with Gasteiger partial charge in [-0.15, -0.1) is 0 Å². The quantitative estimate of drug-likeness (QED) is 0.839. The lowest BCUT2D eigenvalue weighted by Gasteiger charge is -2.29. The molecule has 2 unspecified atom stereocenters. The van der Waals surface area contributed by atoms with Gasteiger partial charge in [-0.25, -0.2) is 0 Å². The Bertz CT molecular complexity index is 402. The molecule has 0 aromatic heterocycles. The topological polar surface area (TPSA) is 29.3 Å². The summed E-state index contributed by atoms with van der Waals surface area (Å²) < 4.78 is 0. The van der Waals surface area contributed by atoms with Gasteiger partial charge < -0.3 is 10.6 Å². The maximum Gasteiger partial charge on any atom is 0.00793 e. The Morgan fingerprint density at radius 1 is 0.950 bits per heavy atom. The fourth-order valence-corrected chi connectivity index (χ4v) is 3.87. The molecule has 2 heteroatoms. The first kappa shape index (κ1) is 14.1. The minimum absolute atomic E-state index is 0.433. The van der Waals surface area contributed by atoms with E-state index in [0.29, 0.717) is 6.04 Å². The van der Waals surface area contributed by atoms with Crippen molar-refractivity contribution in [1.29, 1.82) is 0 Å². The molecule has 2 aliphatic rings. The van der Waals surface area contributed by atoms with Gasteiger partial charge in [0.1, 0.15) is 0 Å². The highest BCUT2D eigenvalue weighted by Gasteiger charge is 2.23. The molecule has 1 fully saturated rings. The third kappa shape index (κ3) is 3.42. The SMILES string of the molecule is NC1CCCCCC1CN1CCc2ccccc2CC1. The van der Waals surface area contributed by atoms with Crippen molar-refractivity contribution in [3.63, 3.8) is 0 Å². The fraction of sp³-hybridized carbons (Fsp3) is 0.667. The zero-order valence-corrected chi connectivity index (χ0v) is 12.6. The molecule has 1 aliphatic heterocycles. The molecule has 2 atom stereocenters. The van der Waals surface area contributed by atoms with Crippen molar-refractivity contribution in [3.8, 4) is 0 Å². The molecule has 1 saturated carbocycles. The zero-order valence-electron chi connectivity index (χ0n) is 12.6. The number of nitrogens with zero attached hydrogens (tertiary/aromatic N) is 1. The zero-order chi connectivity index (χ0) is 13.8. The summed E-state index contributed by atoms with van der Waals surface area (Å²) in [5.74, 6) is 0.721. The van der Waals surface area contributed by atoms with Crippen LogP contribution in [0.4, 0.5) is 0 Å². The first-order valence-corrected chi connectivity index (χ1v) is 8.37. The highest BCUT2D eigenvalue weighted by molar-refractivity contribution is 5.28. The van der Waals surface area contributed by atoms with Crippen molar-refractivity contribution in [2.24, 2.45) is 11.7 Å². The second-order valence-corrected chi connectivity index (χ2v) is 6.63. The molecule has 2 N–H and O–H groups in total. The highest BCUT2D eigenvalue weighted by Crippen LogP contribution is 2.24. The summed E-state index contributed by atoms with van der Waals surface area (Å²) in [6.45, 7) is 3.63. The summed E-state index contributed by atoms with van der Waals surface area (Å²) in [5.41, 5.74) is 9.50. The molecule has 2 nitrogen and oxygen atoms in total. The van der Waals surface area contributed by atoms with Crippen LogP contribution in [0.3, 0.4) is 0 Å². The average Bonchev–Trinajstić information content (AvgIpc) is 2.79. The standard InChI is InChI=1S/C18H28N2/c19-18-9-3-1-2-8-17(18)14-20-12-10-15-6-4-5-7-16(15)11-13-20/h4-7,17-18H,1-3,8-14,19H2. The molecule has 1 aliphatic carbocycles. The van der Waals surface area contributed by atoms with E-state index in [2.05, 4.69) is 29.2 Å². The summed E-state index contributed by atoms with van der Waals surface area (Å²) in [5, 5.41) is 0. The fourth-order valence-electron chi connectivity index (χ4n) is 3.87. The number of benzene rings is 1. The van der Waals surface area contributed by atoms with E-state index in [1.54, 1.807) is 11.1 Å². The van der Waals surface area contributed by atoms with E-state index in [4.69, 9.17) is 5.73 Å². The van der Waals surface area contributed by atoms with Crippen molar-refractivity contribution in [1.82, 2.24) is 4.90 Å². The van der Waals surface area contributed by atoms with Crippen LogP contribution in [0.15, 0.2) is 24.3 Å². The van der Waals surface area contributed by atoms with Gasteiger partial charge in [0.15, 0.2) is 0 Å². The van der Waals surface area contributed by atoms with Gasteiger partial charge in [0, 0.05) is 25.7 Å². The monoisotopic (exact) mass is 272 g/mol. The van der Waals surface area contributed by atoms with Crippen LogP contribution in [0.5, 0.6) is 0 Å². The molecule has 1 heterocycles. The van der Waals surface area contributed by atoms with Crippen LogP contribution in [-0.2, 0) is 12.8 Å². The Morgan fingerprint density at radius 3 is 2.30 bits per heavy atom. The number of hydrogen-bond acceptors (Lipinski definition) is 2. The maximum absolute atomic E-state index is 6.39. The smallest absolute Gasteiger partial charge is 0.00793 e. The maximum atomic E-state index is 6.39. The van der Waals surface area contributed by atoms with Gasteiger partial charge in [0.2, 0.25) is 0 Å². The van der Waals surface area contributed by atoms with Crippen molar-refractivity contribution in [2.75, 3.05) is 19.6 Å². The van der Waals surface area contributed by atoms with Gasteiger partial charge in [0.05, 0.1) is 0 Å². The minimum Gasteiger partial charge on any atom is -0.327 e. The molecule has 0 spiro atoms. The van der Waals surface area contributed by atoms with E-state index in [0.717, 1.165) is 5.92 Å². The lowest BCUT2D eigenvalue weighted by Crippen LogP contribution is -2.39. The van der Waals surface area contributed by atoms with Gasteiger partial charge >= 0.3 is 0 Å². The minimum atomic E-state index is 0.433. The first-order chi connectivity index (χ1) is 9.83. The summed E-state index contributed by atoms with van der Waals surface area (Å²) >= 11 is 0. The van der Waals surface area contributed by atoms with Crippen LogP contribution in [0, 0.1) is 5.92 Å². The summed E-state index contributed by atoms with van der Waals surface area (Å²) in [4.78, 5) is 2.66. The van der Waals surface area contributed by atoms with E-state index in [1.807, 2.05) is 0 Å². The van der Waals surface area contributed by atoms with Crippen molar-refractivity contribution in [2.45, 2.75) is 51.0 Å². The largest absolute Gasteiger partial charge is 0.327 e. The normalized spacial score (nSPS) is 28.4. The Balaban J connectivity index is 1.59. The number of nitrogens with two attached hydrogens (primary N) is 1. The number of hydrogen-bond donors (Lipinski definition) is 1. The molecule has 0 saturated heterocycles. The number of fused-ring (bicyclic) bond motifs is 1. The summed E-state index contributed by atoms with van der Waals surface area (Å²) in [7, 11) is 0. The Morgan fingerprint density at radius 2 is 1.60 bits per heavy atom. The third-order valence-corrected chi connectivity index (χ3v) is 5.22. The van der Waals surface area contributed by atoms with Gasteiger partial charge in [-0.2, -0.15) is 0 Å². The van der Waals surface area contributed by atoms with Crippen LogP contribution in [-0.4, -0.2) is 30.6 Å². The summed E-state index contributed by atoms with van der Waals surface area (Å²) in [6.07, 6.45) is 9.09. The predicted octanol–water partition coefficient (Wildman–Crippen LogP) is 2.99. The highest BCUT2D eigenvalue weighted by atomic mass is 15.1. The van der Waals surface area contributed by atoms with Crippen LogP contribution in [0.25, 0.3) is 0 Å². The van der Waals surface area contributed by atoms with Crippen LogP contribution < -0.4 is 5.73 Å². The van der Waals surface area contributed by atoms with E-state index < -0.39 is 0 Å². The second kappa shape index (κ2) is 6.73. The van der Waals surface area contributed by atoms with Gasteiger partial charge in [0.25, 0.3) is 0 Å². The van der Waals surface area contributed by atoms with Crippen molar-refractivity contribution < 1.29 is 0 Å². The van der Waals surface area contributed by atoms with E-state index >= 15 is 0 Å². The van der Waals surface area contributed by atoms with Crippen molar-refractivity contribution >= 4 is 0 Å². The Kier molecular flexibility index (Phi) is 4.74. The van der Waals surface area contributed by atoms with Gasteiger partial charge in [-0.05, 0) is 42.7 Å². The van der Waals surface area contributed by atoms with Gasteiger partial charge in [-0.3, -0.25) is 0 Å². The molecule has 1 aromatic carbocycles. The molecular formula is C18H28N2. The van der Waals surface area contributed by atoms with Gasteiger partial charge in [-0.1, -0.05) is 43.5 Å². The van der Waals surface area contributed by atoms with E-state index in [1.165, 1.54) is 64.6 Å². The Labute approximate surface area is 123 Å². The molecular weight excluding hydrogens is 244 g/mol. The molecule has 0 amide bonds. The van der Waals surface area contributed by atoms with Crippen LogP contribution in [0.1, 0.15) is 43.2 Å². The van der Waals surface area contributed by atoms with E-state index in [-0.39, 0.29) is 0 Å². The van der Waals surface area contributed by atoms with E-state index in [9.17, 15) is 0 Å². The van der Waals surface area contributed by atoms with Crippen molar-refractivity contribution in [3.05, 3.63) is 35.4 Å². The predicted molar refractivity (Wildman–Crippen MR) is 84.8 cm³/mol. The summed E-state index contributed by atoms with van der Waals surface area (Å²) in [6, 6.07) is 9.39. The lowest BCUT2D eigenvalue weighted by atomic mass is 9.95. The molecule has 0 bridgehead atoms. The second-order valence-electron chi connectivity index (χ2n) is 6.63. The molecule has 20 heavy (non-hydrogen) atoms. The molecule has 110 valence electrons. The van der Waals surface area contributed by atoms with Crippen LogP contribution >= 0.6 is 0 Å². The molecule has 3 rings (SSSR count). The molecule has 1 aromatic rings. The first-order valence-electron chi connectivity index (χ1n) is 8.37. The average molecular weight is 272 g/mol. The van der Waals surface area contributed by atoms with Crippen LogP contribution in [0.2, 0.25) is 0 Å². The Hall–Kier alpha value is -0.860. The third-order valence-electron chi connectivity index (χ3n) is 5.22.